The molecule has 0 spiro atoms. The van der Waals surface area contributed by atoms with Gasteiger partial charge in [0.1, 0.15) is 24.2 Å². The smallest absolute Gasteiger partial charge is 0.491 e. The number of halogens is 3. The molecule has 2 aromatic carbocycles. The Bertz CT molecular complexity index is 1060. The maximum Gasteiger partial charge on any atom is 0.512 e. The Morgan fingerprint density at radius 1 is 1.04 bits per heavy atom. The van der Waals surface area contributed by atoms with Gasteiger partial charge in [-0.3, -0.25) is 0 Å². The third-order valence-electron chi connectivity index (χ3n) is 3.34. The van der Waals surface area contributed by atoms with Crippen LogP contribution >= 0.6 is 0 Å². The molecular weight excluding hydrogens is 415 g/mol. The molecule has 2 aromatic rings. The van der Waals surface area contributed by atoms with Crippen LogP contribution < -0.4 is 13.0 Å². The lowest BCUT2D eigenvalue weighted by Crippen LogP contribution is -2.42. The highest BCUT2D eigenvalue weighted by atomic mass is 32.3. The van der Waals surface area contributed by atoms with Crippen molar-refractivity contribution in [3.05, 3.63) is 36.4 Å². The van der Waals surface area contributed by atoms with Crippen LogP contribution in [-0.4, -0.2) is 41.7 Å². The van der Waals surface area contributed by atoms with Gasteiger partial charge in [0, 0.05) is 0 Å². The fourth-order valence-corrected chi connectivity index (χ4v) is 3.97. The second-order valence-electron chi connectivity index (χ2n) is 5.51. The summed E-state index contributed by atoms with van der Waals surface area (Å²) in [5, 5.41) is 1.14. The molecule has 1 fully saturated rings. The van der Waals surface area contributed by atoms with Crippen LogP contribution in [0.4, 0.5) is 13.2 Å². The summed E-state index contributed by atoms with van der Waals surface area (Å²) in [6.45, 7) is 0.951. The largest absolute Gasteiger partial charge is 0.512 e. The molecule has 3 rings (SSSR count). The van der Waals surface area contributed by atoms with E-state index in [1.807, 2.05) is 0 Å². The topological polar surface area (TPSA) is 111 Å². The molecule has 1 atom stereocenters. The zero-order valence-corrected chi connectivity index (χ0v) is 14.9. The SMILES string of the molecule is O=S(=O)(NS(=O)(=O)C(F)(F)F)Oc1ccc2ccc(OCC3CO3)cc2c1. The fraction of sp³-hybridized carbons (Fsp3) is 0.286. The summed E-state index contributed by atoms with van der Waals surface area (Å²) in [4.78, 5) is 0. The van der Waals surface area contributed by atoms with Crippen LogP contribution in [0.25, 0.3) is 10.8 Å². The van der Waals surface area contributed by atoms with E-state index in [0.29, 0.717) is 33.9 Å². The molecular formula is C14H12F3NO7S2. The minimum absolute atomic E-state index is 0.0298. The van der Waals surface area contributed by atoms with Gasteiger partial charge in [-0.05, 0) is 35.0 Å². The first kappa shape index (κ1) is 19.7. The number of rotatable bonds is 7. The summed E-state index contributed by atoms with van der Waals surface area (Å²) in [7, 11) is -11.4. The number of fused-ring (bicyclic) bond motifs is 1. The van der Waals surface area contributed by atoms with Crippen molar-refractivity contribution in [1.29, 1.82) is 0 Å². The van der Waals surface area contributed by atoms with Gasteiger partial charge >= 0.3 is 25.8 Å². The molecule has 1 saturated heterocycles. The molecule has 148 valence electrons. The predicted molar refractivity (Wildman–Crippen MR) is 86.8 cm³/mol. The Labute approximate surface area is 152 Å². The number of alkyl halides is 3. The van der Waals surface area contributed by atoms with E-state index in [-0.39, 0.29) is 11.9 Å². The minimum atomic E-state index is -6.13. The number of ether oxygens (including phenoxy) is 2. The molecule has 1 aliphatic rings. The summed E-state index contributed by atoms with van der Waals surface area (Å²) in [6.07, 6.45) is 0.0298. The average molecular weight is 427 g/mol. The van der Waals surface area contributed by atoms with Crippen molar-refractivity contribution < 1.29 is 43.7 Å². The van der Waals surface area contributed by atoms with Gasteiger partial charge in [-0.15, -0.1) is 0 Å². The average Bonchev–Trinajstić information content (AvgIpc) is 3.34. The van der Waals surface area contributed by atoms with Gasteiger partial charge in [-0.1, -0.05) is 16.3 Å². The quantitative estimate of drug-likeness (QED) is 0.669. The highest BCUT2D eigenvalue weighted by molar-refractivity contribution is 8.03. The van der Waals surface area contributed by atoms with Gasteiger partial charge in [-0.2, -0.15) is 21.6 Å². The maximum absolute atomic E-state index is 12.3. The van der Waals surface area contributed by atoms with Crippen molar-refractivity contribution in [3.63, 3.8) is 0 Å². The van der Waals surface area contributed by atoms with Crippen molar-refractivity contribution >= 4 is 31.1 Å². The van der Waals surface area contributed by atoms with Crippen LogP contribution in [0.1, 0.15) is 0 Å². The van der Waals surface area contributed by atoms with Gasteiger partial charge < -0.3 is 13.7 Å². The van der Waals surface area contributed by atoms with E-state index in [4.69, 9.17) is 9.47 Å². The monoisotopic (exact) mass is 427 g/mol. The van der Waals surface area contributed by atoms with E-state index < -0.39 is 25.8 Å². The van der Waals surface area contributed by atoms with Crippen molar-refractivity contribution in [3.8, 4) is 11.5 Å². The maximum atomic E-state index is 12.3. The number of epoxide rings is 1. The van der Waals surface area contributed by atoms with Gasteiger partial charge in [0.15, 0.2) is 0 Å². The molecule has 0 aromatic heterocycles. The second-order valence-corrected chi connectivity index (χ2v) is 8.72. The van der Waals surface area contributed by atoms with Crippen molar-refractivity contribution in [2.45, 2.75) is 11.6 Å². The Morgan fingerprint density at radius 2 is 1.63 bits per heavy atom. The lowest BCUT2D eigenvalue weighted by molar-refractivity contribution is -0.0442. The standard InChI is InChI=1S/C14H12F3NO7S2/c15-14(16,17)26(19,20)18-27(21,22)25-12-4-2-9-1-3-11(5-10(9)6-12)23-7-13-8-24-13/h1-6,13,18H,7-8H2. The Morgan fingerprint density at radius 3 is 2.22 bits per heavy atom. The lowest BCUT2D eigenvalue weighted by atomic mass is 10.1. The summed E-state index contributed by atoms with van der Waals surface area (Å²) < 4.78 is 97.3. The molecule has 0 saturated carbocycles. The van der Waals surface area contributed by atoms with Crippen LogP contribution in [0.3, 0.4) is 0 Å². The van der Waals surface area contributed by atoms with Gasteiger partial charge in [-0.25, -0.2) is 8.42 Å². The summed E-state index contributed by atoms with van der Waals surface area (Å²) >= 11 is 0. The molecule has 0 radical (unpaired) electrons. The van der Waals surface area contributed by atoms with Gasteiger partial charge in [0.25, 0.3) is 0 Å². The van der Waals surface area contributed by atoms with Crippen LogP contribution in [0.5, 0.6) is 11.5 Å². The van der Waals surface area contributed by atoms with Crippen LogP contribution in [0.2, 0.25) is 0 Å². The number of nitrogens with one attached hydrogen (secondary N) is 1. The van der Waals surface area contributed by atoms with Gasteiger partial charge in [0.05, 0.1) is 6.61 Å². The first-order valence-electron chi connectivity index (χ1n) is 7.28. The summed E-state index contributed by atoms with van der Waals surface area (Å²) in [6, 6.07) is 8.77. The van der Waals surface area contributed by atoms with E-state index in [1.165, 1.54) is 18.2 Å². The van der Waals surface area contributed by atoms with Crippen molar-refractivity contribution in [2.75, 3.05) is 13.2 Å². The Hall–Kier alpha value is -2.09. The Kier molecular flexibility index (Phi) is 4.96. The lowest BCUT2D eigenvalue weighted by Gasteiger charge is -2.11. The number of hydrogen-bond donors (Lipinski definition) is 1. The first-order valence-corrected chi connectivity index (χ1v) is 10.2. The van der Waals surface area contributed by atoms with E-state index in [1.54, 1.807) is 18.2 Å². The van der Waals surface area contributed by atoms with Crippen molar-refractivity contribution in [2.24, 2.45) is 0 Å². The molecule has 8 nitrogen and oxygen atoms in total. The molecule has 0 amide bonds. The zero-order chi connectivity index (χ0) is 19.9. The van der Waals surface area contributed by atoms with E-state index in [0.717, 1.165) is 0 Å². The van der Waals surface area contributed by atoms with Crippen LogP contribution in [0.15, 0.2) is 36.4 Å². The Balaban J connectivity index is 1.79. The molecule has 0 bridgehead atoms. The fourth-order valence-electron chi connectivity index (χ4n) is 2.02. The normalized spacial score (nSPS) is 17.7. The van der Waals surface area contributed by atoms with E-state index in [9.17, 15) is 30.0 Å². The van der Waals surface area contributed by atoms with Gasteiger partial charge in [0.2, 0.25) is 0 Å². The van der Waals surface area contributed by atoms with Crippen LogP contribution in [0, 0.1) is 0 Å². The highest BCUT2D eigenvalue weighted by Crippen LogP contribution is 2.27. The predicted octanol–water partition coefficient (Wildman–Crippen LogP) is 1.68. The number of sulfonamides is 1. The third kappa shape index (κ3) is 5.00. The summed E-state index contributed by atoms with van der Waals surface area (Å²) in [5.41, 5.74) is -5.80. The molecule has 13 heteroatoms. The molecule has 27 heavy (non-hydrogen) atoms. The summed E-state index contributed by atoms with van der Waals surface area (Å²) in [5.74, 6) is 0.0887. The minimum Gasteiger partial charge on any atom is -0.491 e. The first-order chi connectivity index (χ1) is 12.5. The molecule has 1 unspecified atom stereocenters. The molecule has 1 N–H and O–H groups in total. The third-order valence-corrected chi connectivity index (χ3v) is 6.06. The molecule has 1 aliphatic heterocycles. The molecule has 1 heterocycles. The highest BCUT2D eigenvalue weighted by Gasteiger charge is 2.48. The number of benzene rings is 2. The van der Waals surface area contributed by atoms with Crippen LogP contribution in [-0.2, 0) is 25.1 Å². The van der Waals surface area contributed by atoms with E-state index >= 15 is 0 Å². The second kappa shape index (κ2) is 6.82. The number of hydrogen-bond acceptors (Lipinski definition) is 7. The van der Waals surface area contributed by atoms with E-state index in [2.05, 4.69) is 4.18 Å². The zero-order valence-electron chi connectivity index (χ0n) is 13.3. The van der Waals surface area contributed by atoms with Crippen molar-refractivity contribution in [1.82, 2.24) is 4.13 Å². The molecule has 0 aliphatic carbocycles.